The van der Waals surface area contributed by atoms with Crippen LogP contribution in [0.2, 0.25) is 0 Å². The molecule has 10 aromatic rings. The van der Waals surface area contributed by atoms with Crippen LogP contribution in [0.3, 0.4) is 0 Å². The third-order valence-corrected chi connectivity index (χ3v) is 14.0. The van der Waals surface area contributed by atoms with Gasteiger partial charge in [-0.1, -0.05) is 200 Å². The van der Waals surface area contributed by atoms with Crippen LogP contribution in [0.4, 0.5) is 0 Å². The Bertz CT molecular complexity index is 3720. The van der Waals surface area contributed by atoms with E-state index >= 15 is 0 Å². The molecule has 322 valence electrons. The summed E-state index contributed by atoms with van der Waals surface area (Å²) >= 11 is 1.72. The maximum absolute atomic E-state index is 6.54. The lowest BCUT2D eigenvalue weighted by Gasteiger charge is -2.27. The lowest BCUT2D eigenvalue weighted by Crippen LogP contribution is -2.35. The van der Waals surface area contributed by atoms with Crippen LogP contribution in [0.25, 0.3) is 43.4 Å². The summed E-state index contributed by atoms with van der Waals surface area (Å²) in [4.78, 5) is 23.4. The smallest absolute Gasteiger partial charge is 0.159 e. The van der Waals surface area contributed by atoms with Gasteiger partial charge < -0.3 is 15.4 Å². The van der Waals surface area contributed by atoms with Gasteiger partial charge in [-0.25, -0.2) is 20.0 Å². The Labute approximate surface area is 397 Å². The SMILES string of the molecule is c1ccc(C2=NC(c3ccccc3)NC(c3cc(C4=NC(c5ccccc5)NC(c5ccc6c7ccccc7c7ccccc7c6c5)=N4)ccc3-c3cccc4c3Sc3ccccc3O4)=N2)cc1. The highest BCUT2D eigenvalue weighted by atomic mass is 32.2. The lowest BCUT2D eigenvalue weighted by molar-refractivity contribution is 0.455. The van der Waals surface area contributed by atoms with E-state index in [1.165, 1.54) is 32.3 Å². The van der Waals surface area contributed by atoms with Crippen LogP contribution in [-0.2, 0) is 0 Å². The Morgan fingerprint density at radius 1 is 0.368 bits per heavy atom. The first kappa shape index (κ1) is 39.7. The third kappa shape index (κ3) is 7.10. The number of para-hydroxylation sites is 1. The fourth-order valence-corrected chi connectivity index (χ4v) is 10.6. The van der Waals surface area contributed by atoms with Gasteiger partial charge in [0.25, 0.3) is 0 Å². The molecule has 7 nitrogen and oxygen atoms in total. The Kier molecular flexibility index (Phi) is 9.75. The van der Waals surface area contributed by atoms with Crippen molar-refractivity contribution < 1.29 is 4.74 Å². The molecule has 10 aromatic carbocycles. The van der Waals surface area contributed by atoms with Crippen LogP contribution in [-0.4, -0.2) is 23.3 Å². The second-order valence-electron chi connectivity index (χ2n) is 17.0. The van der Waals surface area contributed by atoms with E-state index in [1.807, 2.05) is 60.7 Å². The fraction of sp³-hybridized carbons (Fsp3) is 0.0333. The molecule has 0 aromatic heterocycles. The first-order valence-electron chi connectivity index (χ1n) is 22.8. The van der Waals surface area contributed by atoms with E-state index in [1.54, 1.807) is 11.8 Å². The predicted octanol–water partition coefficient (Wildman–Crippen LogP) is 14.1. The molecule has 0 bridgehead atoms. The van der Waals surface area contributed by atoms with Crippen molar-refractivity contribution in [3.05, 3.63) is 252 Å². The molecule has 8 heteroatoms. The van der Waals surface area contributed by atoms with Crippen LogP contribution in [0.5, 0.6) is 11.5 Å². The molecular weight excluding hydrogens is 853 g/mol. The molecule has 0 spiro atoms. The first-order valence-corrected chi connectivity index (χ1v) is 23.6. The normalized spacial score (nSPS) is 16.3. The zero-order chi connectivity index (χ0) is 45.0. The summed E-state index contributed by atoms with van der Waals surface area (Å²) in [6.45, 7) is 0. The van der Waals surface area contributed by atoms with Crippen molar-refractivity contribution in [1.29, 1.82) is 0 Å². The van der Waals surface area contributed by atoms with Gasteiger partial charge in [-0.3, -0.25) is 0 Å². The van der Waals surface area contributed by atoms with Gasteiger partial charge in [0.1, 0.15) is 35.5 Å². The number of aliphatic imine (C=N–C) groups is 4. The molecule has 13 rings (SSSR count). The molecule has 0 aliphatic carbocycles. The van der Waals surface area contributed by atoms with Gasteiger partial charge in [-0.15, -0.1) is 0 Å². The molecule has 0 saturated heterocycles. The van der Waals surface area contributed by atoms with Gasteiger partial charge >= 0.3 is 0 Å². The molecule has 2 atom stereocenters. The molecule has 2 unspecified atom stereocenters. The average Bonchev–Trinajstić information content (AvgIpc) is 3.42. The van der Waals surface area contributed by atoms with E-state index < -0.39 is 12.3 Å². The summed E-state index contributed by atoms with van der Waals surface area (Å²) in [7, 11) is 0. The Morgan fingerprint density at radius 3 is 1.59 bits per heavy atom. The van der Waals surface area contributed by atoms with Crippen LogP contribution in [0, 0.1) is 0 Å². The quantitative estimate of drug-likeness (QED) is 0.156. The van der Waals surface area contributed by atoms with E-state index in [0.29, 0.717) is 17.5 Å². The highest BCUT2D eigenvalue weighted by Crippen LogP contribution is 2.51. The largest absolute Gasteiger partial charge is 0.455 e. The van der Waals surface area contributed by atoms with Gasteiger partial charge in [-0.2, -0.15) is 0 Å². The monoisotopic (exact) mass is 892 g/mol. The van der Waals surface area contributed by atoms with Gasteiger partial charge in [0.05, 0.1) is 9.79 Å². The molecule has 3 aliphatic rings. The Hall–Kier alpha value is -8.59. The molecule has 2 N–H and O–H groups in total. The number of hydrogen-bond acceptors (Lipinski definition) is 8. The van der Waals surface area contributed by atoms with E-state index in [9.17, 15) is 0 Å². The molecule has 0 fully saturated rings. The molecule has 0 amide bonds. The van der Waals surface area contributed by atoms with Crippen molar-refractivity contribution in [1.82, 2.24) is 10.6 Å². The van der Waals surface area contributed by atoms with Crippen LogP contribution in [0.1, 0.15) is 45.7 Å². The third-order valence-electron chi connectivity index (χ3n) is 12.8. The standard InChI is InChI=1S/C60H40N6OS/c1-4-17-37(18-5-1)55-62-58(40-31-33-46-44-25-11-10-23-42(44)43-24-12-13-26-45(43)49(46)35-40)64-59(63-55)41-32-34-47(48-27-16-29-52-54(48)68-53-30-15-14-28-51(53)67-52)50(36-41)60-65-56(38-19-6-2-7-20-38)61-57(66-60)39-21-8-3-9-22-39/h1-36,55-56H,(H,61,65,66)(H,62,63,64). The van der Waals surface area contributed by atoms with Gasteiger partial charge in [0.2, 0.25) is 0 Å². The number of amidine groups is 4. The molecular formula is C60H40N6OS. The number of hydrogen-bond donors (Lipinski definition) is 2. The number of nitrogens with one attached hydrogen (secondary N) is 2. The van der Waals surface area contributed by atoms with Crippen molar-refractivity contribution in [2.24, 2.45) is 20.0 Å². The molecule has 68 heavy (non-hydrogen) atoms. The molecule has 3 heterocycles. The van der Waals surface area contributed by atoms with Crippen molar-refractivity contribution in [2.45, 2.75) is 22.1 Å². The van der Waals surface area contributed by atoms with Gasteiger partial charge in [0, 0.05) is 27.8 Å². The second-order valence-corrected chi connectivity index (χ2v) is 18.1. The topological polar surface area (TPSA) is 82.7 Å². The molecule has 3 aliphatic heterocycles. The maximum atomic E-state index is 6.54. The maximum Gasteiger partial charge on any atom is 0.159 e. The van der Waals surface area contributed by atoms with E-state index in [2.05, 4.69) is 168 Å². The van der Waals surface area contributed by atoms with Crippen molar-refractivity contribution in [3.8, 4) is 22.6 Å². The van der Waals surface area contributed by atoms with Crippen molar-refractivity contribution >= 4 is 67.4 Å². The number of benzene rings is 10. The average molecular weight is 893 g/mol. The van der Waals surface area contributed by atoms with E-state index in [0.717, 1.165) is 71.6 Å². The highest BCUT2D eigenvalue weighted by molar-refractivity contribution is 7.99. The van der Waals surface area contributed by atoms with E-state index in [4.69, 9.17) is 24.7 Å². The predicted molar refractivity (Wildman–Crippen MR) is 279 cm³/mol. The van der Waals surface area contributed by atoms with Crippen LogP contribution in [0.15, 0.2) is 248 Å². The first-order chi connectivity index (χ1) is 33.7. The van der Waals surface area contributed by atoms with E-state index in [-0.39, 0.29) is 0 Å². The summed E-state index contributed by atoms with van der Waals surface area (Å²) in [6, 6.07) is 75.9. The second kappa shape index (κ2) is 16.7. The lowest BCUT2D eigenvalue weighted by atomic mass is 9.93. The summed E-state index contributed by atoms with van der Waals surface area (Å²) in [5.74, 6) is 4.35. The molecule has 0 saturated carbocycles. The van der Waals surface area contributed by atoms with Gasteiger partial charge in [0.15, 0.2) is 11.7 Å². The minimum absolute atomic E-state index is 0.394. The summed E-state index contributed by atoms with van der Waals surface area (Å²) in [5.41, 5.74) is 7.73. The highest BCUT2D eigenvalue weighted by Gasteiger charge is 2.29. The number of ether oxygens (including phenoxy) is 1. The number of fused-ring (bicyclic) bond motifs is 8. The minimum Gasteiger partial charge on any atom is -0.455 e. The summed E-state index contributed by atoms with van der Waals surface area (Å²) in [6.07, 6.45) is -0.792. The minimum atomic E-state index is -0.398. The zero-order valence-electron chi connectivity index (χ0n) is 36.5. The van der Waals surface area contributed by atoms with Crippen molar-refractivity contribution in [3.63, 3.8) is 0 Å². The van der Waals surface area contributed by atoms with Crippen LogP contribution >= 0.6 is 11.8 Å². The van der Waals surface area contributed by atoms with Gasteiger partial charge in [-0.05, 0) is 79.3 Å². The fourth-order valence-electron chi connectivity index (χ4n) is 9.57. The summed E-state index contributed by atoms with van der Waals surface area (Å²) < 4.78 is 6.54. The Morgan fingerprint density at radius 2 is 0.897 bits per heavy atom. The Balaban J connectivity index is 1.00. The summed E-state index contributed by atoms with van der Waals surface area (Å²) in [5, 5.41) is 14.8. The van der Waals surface area contributed by atoms with Crippen LogP contribution < -0.4 is 15.4 Å². The number of nitrogens with zero attached hydrogens (tertiary/aromatic N) is 4. The van der Waals surface area contributed by atoms with Crippen molar-refractivity contribution in [2.75, 3.05) is 0 Å². The zero-order valence-corrected chi connectivity index (χ0v) is 37.4. The number of rotatable bonds is 7. The molecule has 0 radical (unpaired) electrons.